The van der Waals surface area contributed by atoms with E-state index in [0.29, 0.717) is 18.0 Å². The van der Waals surface area contributed by atoms with Crippen molar-refractivity contribution in [1.82, 2.24) is 5.32 Å². The van der Waals surface area contributed by atoms with Crippen LogP contribution in [0.1, 0.15) is 23.6 Å². The molecule has 7 heteroatoms. The number of amides is 2. The number of methoxy groups -OCH3 is 2. The molecule has 0 radical (unpaired) electrons. The molecule has 0 aromatic heterocycles. The third-order valence-corrected chi connectivity index (χ3v) is 5.25. The summed E-state index contributed by atoms with van der Waals surface area (Å²) in [6.07, 6.45) is 0. The quantitative estimate of drug-likeness (QED) is 0.581. The first-order chi connectivity index (χ1) is 14.3. The van der Waals surface area contributed by atoms with Crippen molar-refractivity contribution in [1.29, 1.82) is 0 Å². The Morgan fingerprint density at radius 3 is 2.27 bits per heavy atom. The van der Waals surface area contributed by atoms with Crippen molar-refractivity contribution in [3.05, 3.63) is 53.1 Å². The number of hydrogen-bond donors (Lipinski definition) is 3. The smallest absolute Gasteiger partial charge is 0.278 e. The fourth-order valence-electron chi connectivity index (χ4n) is 3.29. The van der Waals surface area contributed by atoms with Gasteiger partial charge in [0.05, 0.1) is 33.4 Å². The van der Waals surface area contributed by atoms with E-state index in [4.69, 9.17) is 9.47 Å². The van der Waals surface area contributed by atoms with E-state index >= 15 is 0 Å². The Morgan fingerprint density at radius 2 is 1.67 bits per heavy atom. The molecule has 2 aromatic carbocycles. The second-order valence-electron chi connectivity index (χ2n) is 7.43. The Hall–Kier alpha value is -3.06. The summed E-state index contributed by atoms with van der Waals surface area (Å²) in [6, 6.07) is 11.2. The maximum absolute atomic E-state index is 12.6. The SMILES string of the molecule is COc1cccc(C[NH+](C)[C@@H](C)C(=O)NCC(=O)Nc2c(C)cccc2C)c1OC. The van der Waals surface area contributed by atoms with Crippen molar-refractivity contribution >= 4 is 17.5 Å². The maximum atomic E-state index is 12.6. The topological polar surface area (TPSA) is 81.1 Å². The predicted octanol–water partition coefficient (Wildman–Crippen LogP) is 1.48. The number of para-hydroxylation sites is 2. The second kappa shape index (κ2) is 10.6. The first-order valence-electron chi connectivity index (χ1n) is 9.94. The average Bonchev–Trinajstić information content (AvgIpc) is 2.73. The maximum Gasteiger partial charge on any atom is 0.278 e. The molecule has 30 heavy (non-hydrogen) atoms. The van der Waals surface area contributed by atoms with E-state index in [1.165, 1.54) is 0 Å². The fraction of sp³-hybridized carbons (Fsp3) is 0.391. The average molecular weight is 415 g/mol. The van der Waals surface area contributed by atoms with Gasteiger partial charge in [0, 0.05) is 5.69 Å². The molecule has 2 atom stereocenters. The van der Waals surface area contributed by atoms with Gasteiger partial charge in [-0.05, 0) is 44.0 Å². The molecule has 7 nitrogen and oxygen atoms in total. The van der Waals surface area contributed by atoms with Gasteiger partial charge in [-0.3, -0.25) is 9.59 Å². The predicted molar refractivity (Wildman–Crippen MR) is 117 cm³/mol. The molecule has 162 valence electrons. The Labute approximate surface area is 178 Å². The molecule has 0 fully saturated rings. The van der Waals surface area contributed by atoms with Gasteiger partial charge in [0.1, 0.15) is 6.54 Å². The number of benzene rings is 2. The molecule has 0 saturated carbocycles. The number of carbonyl (C=O) groups is 2. The highest BCUT2D eigenvalue weighted by Gasteiger charge is 2.24. The molecule has 0 bridgehead atoms. The number of likely N-dealkylation sites (N-methyl/N-ethyl adjacent to an activating group) is 1. The van der Waals surface area contributed by atoms with Crippen LogP contribution in [0.4, 0.5) is 5.69 Å². The number of nitrogens with one attached hydrogen (secondary N) is 3. The van der Waals surface area contributed by atoms with Gasteiger partial charge >= 0.3 is 0 Å². The molecule has 0 saturated heterocycles. The molecular weight excluding hydrogens is 382 g/mol. The number of anilines is 1. The first kappa shape index (κ1) is 23.2. The van der Waals surface area contributed by atoms with Crippen LogP contribution in [-0.2, 0) is 16.1 Å². The van der Waals surface area contributed by atoms with Gasteiger partial charge < -0.3 is 25.0 Å². The van der Waals surface area contributed by atoms with E-state index in [-0.39, 0.29) is 24.4 Å². The Bertz CT molecular complexity index is 878. The van der Waals surface area contributed by atoms with Crippen molar-refractivity contribution in [2.45, 2.75) is 33.4 Å². The summed E-state index contributed by atoms with van der Waals surface area (Å²) in [6.45, 7) is 6.21. The Morgan fingerprint density at radius 1 is 1.03 bits per heavy atom. The molecule has 2 amide bonds. The largest absolute Gasteiger partial charge is 0.493 e. The molecule has 0 aliphatic rings. The standard InChI is InChI=1S/C23H31N3O4/c1-15-9-7-10-16(2)21(15)25-20(27)13-24-23(28)17(3)26(4)14-18-11-8-12-19(29-5)22(18)30-6/h7-12,17H,13-14H2,1-6H3,(H,24,28)(H,25,27)/p+1/t17-/m0/s1. The molecule has 0 aliphatic carbocycles. The molecule has 0 spiro atoms. The van der Waals surface area contributed by atoms with E-state index < -0.39 is 0 Å². The van der Waals surface area contributed by atoms with E-state index in [0.717, 1.165) is 27.3 Å². The summed E-state index contributed by atoms with van der Waals surface area (Å²) in [5, 5.41) is 5.61. The third kappa shape index (κ3) is 5.73. The lowest BCUT2D eigenvalue weighted by molar-refractivity contribution is -0.908. The molecule has 2 aromatic rings. The van der Waals surface area contributed by atoms with Gasteiger partial charge in [0.15, 0.2) is 17.5 Å². The van der Waals surface area contributed by atoms with Crippen LogP contribution in [0.2, 0.25) is 0 Å². The van der Waals surface area contributed by atoms with Crippen LogP contribution in [0.5, 0.6) is 11.5 Å². The van der Waals surface area contributed by atoms with Crippen LogP contribution >= 0.6 is 0 Å². The van der Waals surface area contributed by atoms with E-state index in [9.17, 15) is 9.59 Å². The molecule has 3 N–H and O–H groups in total. The van der Waals surface area contributed by atoms with Gasteiger partial charge in [0.2, 0.25) is 5.91 Å². The van der Waals surface area contributed by atoms with Crippen molar-refractivity contribution < 1.29 is 24.0 Å². The molecule has 1 unspecified atom stereocenters. The number of carbonyl (C=O) groups excluding carboxylic acids is 2. The number of quaternary nitrogens is 1. The highest BCUT2D eigenvalue weighted by Crippen LogP contribution is 2.30. The summed E-state index contributed by atoms with van der Waals surface area (Å²) >= 11 is 0. The first-order valence-corrected chi connectivity index (χ1v) is 9.94. The number of hydrogen-bond acceptors (Lipinski definition) is 4. The van der Waals surface area contributed by atoms with Crippen molar-refractivity contribution in [2.75, 3.05) is 33.1 Å². The minimum Gasteiger partial charge on any atom is -0.493 e. The highest BCUT2D eigenvalue weighted by atomic mass is 16.5. The third-order valence-electron chi connectivity index (χ3n) is 5.25. The lowest BCUT2D eigenvalue weighted by Gasteiger charge is -2.22. The lowest BCUT2D eigenvalue weighted by atomic mass is 10.1. The molecule has 0 aliphatic heterocycles. The number of ether oxygens (including phenoxy) is 2. The fourth-order valence-corrected chi connectivity index (χ4v) is 3.29. The zero-order valence-electron chi connectivity index (χ0n) is 18.6. The Balaban J connectivity index is 1.93. The number of rotatable bonds is 9. The molecule has 2 rings (SSSR count). The van der Waals surface area contributed by atoms with Gasteiger partial charge in [-0.1, -0.05) is 24.3 Å². The summed E-state index contributed by atoms with van der Waals surface area (Å²) in [5.41, 5.74) is 3.71. The van der Waals surface area contributed by atoms with Gasteiger partial charge in [0.25, 0.3) is 5.91 Å². The van der Waals surface area contributed by atoms with E-state index in [1.54, 1.807) is 14.2 Å². The van der Waals surface area contributed by atoms with Crippen molar-refractivity contribution in [2.24, 2.45) is 0 Å². The molecule has 0 heterocycles. The highest BCUT2D eigenvalue weighted by molar-refractivity contribution is 5.96. The van der Waals surface area contributed by atoms with Crippen molar-refractivity contribution in [3.8, 4) is 11.5 Å². The zero-order chi connectivity index (χ0) is 22.3. The summed E-state index contributed by atoms with van der Waals surface area (Å²) in [4.78, 5) is 25.8. The van der Waals surface area contributed by atoms with Crippen LogP contribution in [0.25, 0.3) is 0 Å². The lowest BCUT2D eigenvalue weighted by Crippen LogP contribution is -3.12. The van der Waals surface area contributed by atoms with Gasteiger partial charge in [-0.25, -0.2) is 0 Å². The van der Waals surface area contributed by atoms with E-state index in [2.05, 4.69) is 10.6 Å². The summed E-state index contributed by atoms with van der Waals surface area (Å²) in [5.74, 6) is 0.883. The Kier molecular flexibility index (Phi) is 8.24. The number of aryl methyl sites for hydroxylation is 2. The van der Waals surface area contributed by atoms with Crippen LogP contribution in [0.3, 0.4) is 0 Å². The minimum absolute atomic E-state index is 0.0767. The van der Waals surface area contributed by atoms with Crippen LogP contribution < -0.4 is 25.0 Å². The summed E-state index contributed by atoms with van der Waals surface area (Å²) in [7, 11) is 5.12. The second-order valence-corrected chi connectivity index (χ2v) is 7.43. The van der Waals surface area contributed by atoms with Gasteiger partial charge in [-0.15, -0.1) is 0 Å². The van der Waals surface area contributed by atoms with E-state index in [1.807, 2.05) is 64.2 Å². The van der Waals surface area contributed by atoms with Crippen molar-refractivity contribution in [3.63, 3.8) is 0 Å². The molecular formula is C23H32N3O4+. The normalized spacial score (nSPS) is 12.6. The van der Waals surface area contributed by atoms with Crippen LogP contribution in [-0.4, -0.2) is 45.7 Å². The van der Waals surface area contributed by atoms with Crippen LogP contribution in [0.15, 0.2) is 36.4 Å². The van der Waals surface area contributed by atoms with Crippen LogP contribution in [0, 0.1) is 13.8 Å². The summed E-state index contributed by atoms with van der Waals surface area (Å²) < 4.78 is 10.8. The zero-order valence-corrected chi connectivity index (χ0v) is 18.6. The minimum atomic E-state index is -0.353. The van der Waals surface area contributed by atoms with Gasteiger partial charge in [-0.2, -0.15) is 0 Å². The monoisotopic (exact) mass is 414 g/mol.